The summed E-state index contributed by atoms with van der Waals surface area (Å²) in [6, 6.07) is 0. The Balaban J connectivity index is 0.000000283. The molecule has 2 heterocycles. The summed E-state index contributed by atoms with van der Waals surface area (Å²) in [7, 11) is -9.28. The quantitative estimate of drug-likeness (QED) is 0.278. The molecule has 0 amide bonds. The molecule has 0 atom stereocenters. The molecule has 12 nitrogen and oxygen atoms in total. The van der Waals surface area contributed by atoms with Crippen molar-refractivity contribution in [3.05, 3.63) is 18.9 Å². The number of rotatable bonds is 0. The second-order valence-electron chi connectivity index (χ2n) is 2.69. The van der Waals surface area contributed by atoms with Crippen LogP contribution < -0.4 is 0 Å². The summed E-state index contributed by atoms with van der Waals surface area (Å²) in [5.41, 5.74) is 1.59. The van der Waals surface area contributed by atoms with Crippen LogP contribution in [-0.4, -0.2) is 49.3 Å². The SMILES string of the molecule is O=P(O)(O)O.O=P(O)(O)O.c1ncc2[nH]cnc2n1. The van der Waals surface area contributed by atoms with Crippen LogP contribution >= 0.6 is 15.6 Å². The van der Waals surface area contributed by atoms with Crippen LogP contribution in [0, 0.1) is 0 Å². The Morgan fingerprint density at radius 2 is 1.42 bits per heavy atom. The first-order valence-electron chi connectivity index (χ1n) is 4.12. The number of H-pyrrole nitrogens is 1. The summed E-state index contributed by atoms with van der Waals surface area (Å²) in [6.07, 6.45) is 4.76. The van der Waals surface area contributed by atoms with E-state index in [9.17, 15) is 0 Å². The summed E-state index contributed by atoms with van der Waals surface area (Å²) in [5.74, 6) is 0. The number of hydrogen-bond acceptors (Lipinski definition) is 5. The monoisotopic (exact) mass is 316 g/mol. The molecule has 2 rings (SSSR count). The molecule has 0 aromatic carbocycles. The molecule has 0 saturated carbocycles. The van der Waals surface area contributed by atoms with Crippen molar-refractivity contribution in [1.82, 2.24) is 19.9 Å². The predicted octanol–water partition coefficient (Wildman–Crippen LogP) is -1.50. The maximum atomic E-state index is 8.88. The molecule has 0 radical (unpaired) electrons. The van der Waals surface area contributed by atoms with E-state index < -0.39 is 15.6 Å². The molecule has 0 bridgehead atoms. The molecule has 19 heavy (non-hydrogen) atoms. The Labute approximate surface area is 105 Å². The molecule has 7 N–H and O–H groups in total. The van der Waals surface area contributed by atoms with Crippen LogP contribution in [0.3, 0.4) is 0 Å². The number of hydrogen-bond donors (Lipinski definition) is 7. The maximum Gasteiger partial charge on any atom is 0.466 e. The van der Waals surface area contributed by atoms with E-state index in [0.29, 0.717) is 5.65 Å². The fraction of sp³-hybridized carbons (Fsp3) is 0. The van der Waals surface area contributed by atoms with E-state index in [0.717, 1.165) is 5.52 Å². The first-order chi connectivity index (χ1) is 8.47. The van der Waals surface area contributed by atoms with E-state index in [1.54, 1.807) is 12.5 Å². The molecule has 108 valence electrons. The van der Waals surface area contributed by atoms with E-state index in [1.807, 2.05) is 0 Å². The Hall–Kier alpha value is -1.23. The molecule has 0 fully saturated rings. The van der Waals surface area contributed by atoms with Gasteiger partial charge >= 0.3 is 15.6 Å². The molecule has 0 aliphatic carbocycles. The second-order valence-corrected chi connectivity index (χ2v) is 4.74. The standard InChI is InChI=1S/C5H4N4.2H3O4P/c1-4-5(8-2-6-1)9-3-7-4;2*1-5(2,3)4/h1-3H,(H,6,7,8,9);2*(H3,1,2,3,4). The van der Waals surface area contributed by atoms with Gasteiger partial charge in [-0.2, -0.15) is 0 Å². The number of aromatic nitrogens is 4. The average Bonchev–Trinajstić information content (AvgIpc) is 2.59. The van der Waals surface area contributed by atoms with Crippen LogP contribution in [0.2, 0.25) is 0 Å². The van der Waals surface area contributed by atoms with Crippen molar-refractivity contribution < 1.29 is 38.5 Å². The van der Waals surface area contributed by atoms with Crippen LogP contribution in [-0.2, 0) is 9.13 Å². The minimum absolute atomic E-state index is 0.713. The lowest BCUT2D eigenvalue weighted by Crippen LogP contribution is -1.76. The third-order valence-corrected chi connectivity index (χ3v) is 1.10. The number of fused-ring (bicyclic) bond motifs is 1. The number of nitrogens with one attached hydrogen (secondary N) is 1. The van der Waals surface area contributed by atoms with Gasteiger partial charge in [0, 0.05) is 0 Å². The fourth-order valence-electron chi connectivity index (χ4n) is 0.691. The molecular weight excluding hydrogens is 306 g/mol. The van der Waals surface area contributed by atoms with E-state index >= 15 is 0 Å². The lowest BCUT2D eigenvalue weighted by Gasteiger charge is -1.82. The second kappa shape index (κ2) is 7.38. The number of imidazole rings is 1. The molecule has 0 aliphatic rings. The molecule has 2 aromatic rings. The van der Waals surface area contributed by atoms with E-state index in [-0.39, 0.29) is 0 Å². The largest absolute Gasteiger partial charge is 0.466 e. The first kappa shape index (κ1) is 17.8. The maximum absolute atomic E-state index is 8.88. The van der Waals surface area contributed by atoms with Crippen molar-refractivity contribution in [3.8, 4) is 0 Å². The van der Waals surface area contributed by atoms with Crippen molar-refractivity contribution in [1.29, 1.82) is 0 Å². The van der Waals surface area contributed by atoms with Gasteiger partial charge in [-0.1, -0.05) is 0 Å². The number of phosphoric acid groups is 2. The highest BCUT2D eigenvalue weighted by Crippen LogP contribution is 2.26. The van der Waals surface area contributed by atoms with Gasteiger partial charge in [0.05, 0.1) is 12.5 Å². The van der Waals surface area contributed by atoms with Gasteiger partial charge in [-0.05, 0) is 0 Å². The van der Waals surface area contributed by atoms with E-state index in [4.69, 9.17) is 38.5 Å². The lowest BCUT2D eigenvalue weighted by molar-refractivity contribution is 0.272. The lowest BCUT2D eigenvalue weighted by atomic mass is 10.6. The van der Waals surface area contributed by atoms with Crippen LogP contribution in [0.5, 0.6) is 0 Å². The molecule has 2 aromatic heterocycles. The van der Waals surface area contributed by atoms with Gasteiger partial charge < -0.3 is 34.3 Å². The average molecular weight is 316 g/mol. The summed E-state index contributed by atoms with van der Waals surface area (Å²) in [5, 5.41) is 0. The van der Waals surface area contributed by atoms with Crippen LogP contribution in [0.4, 0.5) is 0 Å². The predicted molar refractivity (Wildman–Crippen MR) is 60.2 cm³/mol. The number of aromatic amines is 1. The summed E-state index contributed by atoms with van der Waals surface area (Å²) < 4.78 is 17.8. The molecule has 0 saturated heterocycles. The zero-order valence-electron chi connectivity index (χ0n) is 8.97. The number of nitrogens with zero attached hydrogens (tertiary/aromatic N) is 3. The zero-order chi connectivity index (χ0) is 15.1. The Bertz CT molecular complexity index is 523. The highest BCUT2D eigenvalue weighted by molar-refractivity contribution is 7.45. The van der Waals surface area contributed by atoms with E-state index in [2.05, 4.69) is 19.9 Å². The van der Waals surface area contributed by atoms with Crippen molar-refractivity contribution in [2.24, 2.45) is 0 Å². The van der Waals surface area contributed by atoms with Crippen LogP contribution in [0.1, 0.15) is 0 Å². The zero-order valence-corrected chi connectivity index (χ0v) is 10.8. The van der Waals surface area contributed by atoms with Gasteiger partial charge in [0.15, 0.2) is 5.65 Å². The van der Waals surface area contributed by atoms with Gasteiger partial charge in [-0.3, -0.25) is 0 Å². The van der Waals surface area contributed by atoms with Gasteiger partial charge in [0.1, 0.15) is 11.8 Å². The first-order valence-corrected chi connectivity index (χ1v) is 7.25. The minimum atomic E-state index is -4.64. The molecule has 14 heteroatoms. The van der Waals surface area contributed by atoms with Crippen molar-refractivity contribution in [2.45, 2.75) is 0 Å². The van der Waals surface area contributed by atoms with Gasteiger partial charge in [0.25, 0.3) is 0 Å². The Kier molecular flexibility index (Phi) is 6.90. The summed E-state index contributed by atoms with van der Waals surface area (Å²) >= 11 is 0. The minimum Gasteiger partial charge on any atom is -0.342 e. The third-order valence-electron chi connectivity index (χ3n) is 1.10. The fourth-order valence-corrected chi connectivity index (χ4v) is 0.691. The normalized spacial score (nSPS) is 11.1. The molecule has 0 spiro atoms. The Morgan fingerprint density at radius 3 is 1.84 bits per heavy atom. The van der Waals surface area contributed by atoms with Crippen LogP contribution in [0.25, 0.3) is 11.2 Å². The van der Waals surface area contributed by atoms with E-state index in [1.165, 1.54) is 6.33 Å². The third kappa shape index (κ3) is 14.7. The Morgan fingerprint density at radius 1 is 0.947 bits per heavy atom. The van der Waals surface area contributed by atoms with Gasteiger partial charge in [-0.25, -0.2) is 24.1 Å². The van der Waals surface area contributed by atoms with Crippen molar-refractivity contribution in [3.63, 3.8) is 0 Å². The highest BCUT2D eigenvalue weighted by Gasteiger charge is 2.00. The van der Waals surface area contributed by atoms with Crippen molar-refractivity contribution >= 4 is 26.8 Å². The highest BCUT2D eigenvalue weighted by atomic mass is 31.2. The molecule has 0 unspecified atom stereocenters. The molecule has 0 aliphatic heterocycles. The van der Waals surface area contributed by atoms with Crippen molar-refractivity contribution in [2.75, 3.05) is 0 Å². The smallest absolute Gasteiger partial charge is 0.342 e. The topological polar surface area (TPSA) is 210 Å². The summed E-state index contributed by atoms with van der Waals surface area (Å²) in [4.78, 5) is 57.6. The summed E-state index contributed by atoms with van der Waals surface area (Å²) in [6.45, 7) is 0. The van der Waals surface area contributed by atoms with Crippen LogP contribution in [0.15, 0.2) is 18.9 Å². The molecular formula is C5H10N4O8P2. The van der Waals surface area contributed by atoms with Gasteiger partial charge in [0.2, 0.25) is 0 Å². The van der Waals surface area contributed by atoms with Gasteiger partial charge in [-0.15, -0.1) is 0 Å².